The van der Waals surface area contributed by atoms with E-state index in [1.54, 1.807) is 60.6 Å². The van der Waals surface area contributed by atoms with Crippen LogP contribution in [0, 0.1) is 22.7 Å². The van der Waals surface area contributed by atoms with E-state index in [1.165, 1.54) is 9.21 Å². The summed E-state index contributed by atoms with van der Waals surface area (Å²) in [5.74, 6) is 0.348. The second-order valence-electron chi connectivity index (χ2n) is 8.21. The van der Waals surface area contributed by atoms with Crippen LogP contribution in [0.1, 0.15) is 21.5 Å². The molecule has 1 fully saturated rings. The molecule has 10 heteroatoms. The number of rotatable bonds is 4. The Hall–Kier alpha value is -3.86. The molecule has 0 atom stereocenters. The first kappa shape index (κ1) is 22.9. The zero-order valence-electron chi connectivity index (χ0n) is 18.5. The highest BCUT2D eigenvalue weighted by atomic mass is 32.2. The molecule has 174 valence electrons. The molecule has 35 heavy (non-hydrogen) atoms. The SMILES string of the molecule is N#Cc1ccc(C(=O)N2CC(S(=O)(=O)N3CCSc4c(-c5ccc(C#N)cc5)cncc43)C2)cc1. The van der Waals surface area contributed by atoms with E-state index in [0.29, 0.717) is 34.7 Å². The fourth-order valence-electron chi connectivity index (χ4n) is 4.15. The molecule has 0 saturated carbocycles. The number of hydrogen-bond donors (Lipinski definition) is 0. The van der Waals surface area contributed by atoms with Gasteiger partial charge in [0.25, 0.3) is 5.91 Å². The van der Waals surface area contributed by atoms with Gasteiger partial charge in [-0.25, -0.2) is 8.42 Å². The number of sulfonamides is 1. The number of amides is 1. The number of fused-ring (bicyclic) bond motifs is 1. The molecule has 2 aliphatic heterocycles. The Morgan fingerprint density at radius 2 is 1.60 bits per heavy atom. The highest BCUT2D eigenvalue weighted by Crippen LogP contribution is 2.43. The molecule has 1 amide bonds. The van der Waals surface area contributed by atoms with Crippen molar-refractivity contribution in [3.05, 3.63) is 77.6 Å². The maximum Gasteiger partial charge on any atom is 0.253 e. The van der Waals surface area contributed by atoms with Crippen LogP contribution in [0.2, 0.25) is 0 Å². The molecule has 8 nitrogen and oxygen atoms in total. The molecule has 3 aromatic rings. The molecule has 2 aliphatic rings. The summed E-state index contributed by atoms with van der Waals surface area (Å²) in [6.45, 7) is 0.560. The minimum Gasteiger partial charge on any atom is -0.336 e. The van der Waals surface area contributed by atoms with Crippen molar-refractivity contribution in [3.8, 4) is 23.3 Å². The average Bonchev–Trinajstić information content (AvgIpc) is 2.87. The summed E-state index contributed by atoms with van der Waals surface area (Å²) >= 11 is 1.58. The Morgan fingerprint density at radius 1 is 0.971 bits per heavy atom. The predicted molar refractivity (Wildman–Crippen MR) is 132 cm³/mol. The van der Waals surface area contributed by atoms with Gasteiger partial charge in [0.1, 0.15) is 5.25 Å². The smallest absolute Gasteiger partial charge is 0.253 e. The molecule has 0 aliphatic carbocycles. The van der Waals surface area contributed by atoms with Crippen LogP contribution < -0.4 is 4.31 Å². The van der Waals surface area contributed by atoms with Gasteiger partial charge in [-0.1, -0.05) is 12.1 Å². The van der Waals surface area contributed by atoms with Crippen molar-refractivity contribution in [1.82, 2.24) is 9.88 Å². The van der Waals surface area contributed by atoms with E-state index in [0.717, 1.165) is 16.0 Å². The Labute approximate surface area is 207 Å². The fourth-order valence-corrected chi connectivity index (χ4v) is 7.30. The number of likely N-dealkylation sites (tertiary alicyclic amines) is 1. The average molecular weight is 502 g/mol. The van der Waals surface area contributed by atoms with Crippen LogP contribution in [0.5, 0.6) is 0 Å². The number of carbonyl (C=O) groups excluding carboxylic acids is 1. The van der Waals surface area contributed by atoms with Gasteiger partial charge in [-0.15, -0.1) is 11.8 Å². The van der Waals surface area contributed by atoms with Gasteiger partial charge in [-0.2, -0.15) is 10.5 Å². The molecule has 0 radical (unpaired) electrons. The zero-order chi connectivity index (χ0) is 24.6. The second-order valence-corrected chi connectivity index (χ2v) is 11.5. The van der Waals surface area contributed by atoms with Crippen LogP contribution in [0.4, 0.5) is 5.69 Å². The summed E-state index contributed by atoms with van der Waals surface area (Å²) < 4.78 is 28.5. The molecular formula is C25H19N5O3S2. The second kappa shape index (κ2) is 9.06. The van der Waals surface area contributed by atoms with Crippen LogP contribution in [0.15, 0.2) is 65.8 Å². The Morgan fingerprint density at radius 3 is 2.23 bits per heavy atom. The molecule has 0 N–H and O–H groups in total. The van der Waals surface area contributed by atoms with Gasteiger partial charge >= 0.3 is 0 Å². The van der Waals surface area contributed by atoms with Crippen molar-refractivity contribution in [1.29, 1.82) is 10.5 Å². The normalized spacial score (nSPS) is 15.5. The lowest BCUT2D eigenvalue weighted by Crippen LogP contribution is -2.60. The first-order chi connectivity index (χ1) is 16.9. The van der Waals surface area contributed by atoms with Crippen molar-refractivity contribution in [2.24, 2.45) is 0 Å². The van der Waals surface area contributed by atoms with E-state index >= 15 is 0 Å². The number of pyridine rings is 1. The number of hydrogen-bond acceptors (Lipinski definition) is 7. The first-order valence-corrected chi connectivity index (χ1v) is 13.3. The van der Waals surface area contributed by atoms with Gasteiger partial charge < -0.3 is 4.90 Å². The molecule has 1 saturated heterocycles. The topological polar surface area (TPSA) is 118 Å². The number of benzene rings is 2. The van der Waals surface area contributed by atoms with Crippen molar-refractivity contribution in [3.63, 3.8) is 0 Å². The largest absolute Gasteiger partial charge is 0.336 e. The standard InChI is InChI=1S/C25H19N5O3S2/c26-11-17-1-5-19(6-2-17)22-13-28-14-23-24(22)34-10-9-30(23)35(32,33)21-15-29(16-21)25(31)20-7-3-18(12-27)4-8-20/h1-8,13-14,21H,9-10,15-16H2. The van der Waals surface area contributed by atoms with Gasteiger partial charge in [0.2, 0.25) is 10.0 Å². The third-order valence-corrected chi connectivity index (χ3v) is 9.38. The molecule has 0 spiro atoms. The Balaban J connectivity index is 1.36. The number of aromatic nitrogens is 1. The summed E-state index contributed by atoms with van der Waals surface area (Å²) in [6, 6.07) is 17.5. The third kappa shape index (κ3) is 4.12. The summed E-state index contributed by atoms with van der Waals surface area (Å²) in [7, 11) is -3.71. The van der Waals surface area contributed by atoms with Gasteiger partial charge in [-0.05, 0) is 42.0 Å². The van der Waals surface area contributed by atoms with Crippen molar-refractivity contribution in [2.75, 3.05) is 29.7 Å². The monoisotopic (exact) mass is 501 g/mol. The number of thioether (sulfide) groups is 1. The highest BCUT2D eigenvalue weighted by molar-refractivity contribution is 8.00. The zero-order valence-corrected chi connectivity index (χ0v) is 20.1. The minimum atomic E-state index is -3.71. The Kier molecular flexibility index (Phi) is 5.93. The maximum absolute atomic E-state index is 13.5. The van der Waals surface area contributed by atoms with E-state index < -0.39 is 15.3 Å². The third-order valence-electron chi connectivity index (χ3n) is 6.14. The van der Waals surface area contributed by atoms with Crippen LogP contribution in [0.25, 0.3) is 11.1 Å². The number of nitrogens with zero attached hydrogens (tertiary/aromatic N) is 5. The van der Waals surface area contributed by atoms with E-state index in [4.69, 9.17) is 10.5 Å². The lowest BCUT2D eigenvalue weighted by Gasteiger charge is -2.42. The lowest BCUT2D eigenvalue weighted by atomic mass is 10.1. The van der Waals surface area contributed by atoms with E-state index in [2.05, 4.69) is 11.1 Å². The summed E-state index contributed by atoms with van der Waals surface area (Å²) in [5.41, 5.74) is 3.66. The summed E-state index contributed by atoms with van der Waals surface area (Å²) in [5, 5.41) is 17.3. The first-order valence-electron chi connectivity index (χ1n) is 10.8. The number of anilines is 1. The molecule has 3 heterocycles. The quantitative estimate of drug-likeness (QED) is 0.538. The van der Waals surface area contributed by atoms with Crippen molar-refractivity contribution < 1.29 is 13.2 Å². The minimum absolute atomic E-state index is 0.114. The predicted octanol–water partition coefficient (Wildman–Crippen LogP) is 3.26. The summed E-state index contributed by atoms with van der Waals surface area (Å²) in [4.78, 5) is 19.4. The molecule has 5 rings (SSSR count). The number of nitriles is 2. The molecular weight excluding hydrogens is 482 g/mol. The summed E-state index contributed by atoms with van der Waals surface area (Å²) in [6.07, 6.45) is 3.29. The van der Waals surface area contributed by atoms with Crippen LogP contribution in [-0.2, 0) is 10.0 Å². The van der Waals surface area contributed by atoms with Crippen LogP contribution >= 0.6 is 11.8 Å². The fraction of sp³-hybridized carbons (Fsp3) is 0.200. The maximum atomic E-state index is 13.5. The van der Waals surface area contributed by atoms with Gasteiger partial charge in [0, 0.05) is 47.6 Å². The molecule has 0 unspecified atom stereocenters. The van der Waals surface area contributed by atoms with Gasteiger partial charge in [0.05, 0.1) is 35.1 Å². The van der Waals surface area contributed by atoms with Crippen molar-refractivity contribution in [2.45, 2.75) is 10.1 Å². The highest BCUT2D eigenvalue weighted by Gasteiger charge is 2.44. The number of carbonyl (C=O) groups is 1. The Bertz CT molecular complexity index is 1480. The lowest BCUT2D eigenvalue weighted by molar-refractivity contribution is 0.0658. The molecule has 2 aromatic carbocycles. The van der Waals surface area contributed by atoms with E-state index in [9.17, 15) is 13.2 Å². The van der Waals surface area contributed by atoms with Crippen LogP contribution in [-0.4, -0.2) is 54.8 Å². The molecule has 1 aromatic heterocycles. The van der Waals surface area contributed by atoms with Crippen LogP contribution in [0.3, 0.4) is 0 Å². The van der Waals surface area contributed by atoms with E-state index in [-0.39, 0.29) is 19.0 Å². The van der Waals surface area contributed by atoms with Gasteiger partial charge in [-0.3, -0.25) is 14.1 Å². The molecule has 0 bridgehead atoms. The van der Waals surface area contributed by atoms with Crippen molar-refractivity contribution >= 4 is 33.4 Å². The van der Waals surface area contributed by atoms with E-state index in [1.807, 2.05) is 18.2 Å². The van der Waals surface area contributed by atoms with Gasteiger partial charge in [0.15, 0.2) is 0 Å².